The molecule has 0 unspecified atom stereocenters. The minimum atomic E-state index is 0.713. The summed E-state index contributed by atoms with van der Waals surface area (Å²) in [6.07, 6.45) is 3.57. The first-order chi connectivity index (χ1) is 15.4. The van der Waals surface area contributed by atoms with Crippen molar-refractivity contribution >= 4 is 11.8 Å². The minimum absolute atomic E-state index is 0.713. The summed E-state index contributed by atoms with van der Waals surface area (Å²) in [5.41, 5.74) is 4.94. The van der Waals surface area contributed by atoms with Gasteiger partial charge in [-0.25, -0.2) is 9.97 Å². The van der Waals surface area contributed by atoms with Crippen molar-refractivity contribution in [1.82, 2.24) is 24.7 Å². The average molecular weight is 422 g/mol. The van der Waals surface area contributed by atoms with Gasteiger partial charge in [0.1, 0.15) is 6.33 Å². The second-order valence-electron chi connectivity index (χ2n) is 6.92. The van der Waals surface area contributed by atoms with Crippen LogP contribution in [-0.2, 0) is 5.75 Å². The molecule has 0 aliphatic heterocycles. The molecule has 0 amide bonds. The molecule has 5 aromatic rings. The van der Waals surface area contributed by atoms with Gasteiger partial charge in [-0.1, -0.05) is 90.6 Å². The zero-order valence-corrected chi connectivity index (χ0v) is 17.5. The standard InChI is InChI=1S/C25H19N5S/c1-4-10-19(11-5-1)17-31-25-26-16-22(23(28-25)20-12-6-2-7-13-20)24-29-27-18-30(24)21-14-8-3-9-15-21/h1-16,18H,17H2. The lowest BCUT2D eigenvalue weighted by atomic mass is 10.1. The highest BCUT2D eigenvalue weighted by Gasteiger charge is 2.17. The molecular formula is C25H19N5S. The summed E-state index contributed by atoms with van der Waals surface area (Å²) in [6, 6.07) is 30.5. The zero-order chi connectivity index (χ0) is 20.9. The summed E-state index contributed by atoms with van der Waals surface area (Å²) >= 11 is 1.62. The van der Waals surface area contributed by atoms with E-state index in [0.717, 1.165) is 33.4 Å². The molecule has 5 nitrogen and oxygen atoms in total. The van der Waals surface area contributed by atoms with E-state index < -0.39 is 0 Å². The normalized spacial score (nSPS) is 10.8. The minimum Gasteiger partial charge on any atom is -0.282 e. The molecule has 150 valence electrons. The maximum Gasteiger partial charge on any atom is 0.188 e. The van der Waals surface area contributed by atoms with Gasteiger partial charge in [-0.05, 0) is 17.7 Å². The Morgan fingerprint density at radius 3 is 2.19 bits per heavy atom. The molecule has 0 saturated heterocycles. The van der Waals surface area contributed by atoms with Crippen molar-refractivity contribution in [3.05, 3.63) is 109 Å². The Labute approximate surface area is 184 Å². The molecule has 6 heteroatoms. The summed E-state index contributed by atoms with van der Waals surface area (Å²) in [5, 5.41) is 9.29. The predicted octanol–water partition coefficient (Wildman–Crippen LogP) is 5.68. The molecule has 2 heterocycles. The fourth-order valence-corrected chi connectivity index (χ4v) is 4.10. The molecule has 3 aromatic carbocycles. The Hall–Kier alpha value is -3.77. The highest BCUT2D eigenvalue weighted by molar-refractivity contribution is 7.98. The second-order valence-corrected chi connectivity index (χ2v) is 7.86. The molecule has 0 spiro atoms. The van der Waals surface area contributed by atoms with Crippen LogP contribution in [0.25, 0.3) is 28.3 Å². The van der Waals surface area contributed by atoms with E-state index in [-0.39, 0.29) is 0 Å². The van der Waals surface area contributed by atoms with E-state index in [2.05, 4.69) is 39.4 Å². The van der Waals surface area contributed by atoms with E-state index in [9.17, 15) is 0 Å². The number of para-hydroxylation sites is 1. The number of thioether (sulfide) groups is 1. The molecule has 0 atom stereocenters. The number of aromatic nitrogens is 5. The smallest absolute Gasteiger partial charge is 0.188 e. The van der Waals surface area contributed by atoms with Crippen molar-refractivity contribution in [2.24, 2.45) is 0 Å². The second kappa shape index (κ2) is 8.93. The Kier molecular flexibility index (Phi) is 5.54. The quantitative estimate of drug-likeness (QED) is 0.261. The fraction of sp³-hybridized carbons (Fsp3) is 0.0400. The highest BCUT2D eigenvalue weighted by atomic mass is 32.2. The molecule has 0 saturated carbocycles. The third kappa shape index (κ3) is 4.25. The molecular weight excluding hydrogens is 402 g/mol. The van der Waals surface area contributed by atoms with Crippen LogP contribution < -0.4 is 0 Å². The summed E-state index contributed by atoms with van der Waals surface area (Å²) in [6.45, 7) is 0. The van der Waals surface area contributed by atoms with Crippen LogP contribution in [0.5, 0.6) is 0 Å². The first kappa shape index (κ1) is 19.2. The van der Waals surface area contributed by atoms with E-state index in [4.69, 9.17) is 4.98 Å². The number of hydrogen-bond donors (Lipinski definition) is 0. The van der Waals surface area contributed by atoms with Gasteiger partial charge < -0.3 is 0 Å². The summed E-state index contributed by atoms with van der Waals surface area (Å²) in [7, 11) is 0. The Bertz CT molecular complexity index is 1270. The van der Waals surface area contributed by atoms with Crippen molar-refractivity contribution in [2.45, 2.75) is 10.9 Å². The number of hydrogen-bond acceptors (Lipinski definition) is 5. The van der Waals surface area contributed by atoms with Crippen LogP contribution in [0, 0.1) is 0 Å². The van der Waals surface area contributed by atoms with Crippen LogP contribution in [0.4, 0.5) is 0 Å². The van der Waals surface area contributed by atoms with Crippen LogP contribution in [0.1, 0.15) is 5.56 Å². The SMILES string of the molecule is c1ccc(CSc2ncc(-c3nncn3-c3ccccc3)c(-c3ccccc3)n2)cc1. The predicted molar refractivity (Wildman–Crippen MR) is 124 cm³/mol. The van der Waals surface area contributed by atoms with E-state index >= 15 is 0 Å². The van der Waals surface area contributed by atoms with E-state index in [1.165, 1.54) is 5.56 Å². The van der Waals surface area contributed by atoms with Gasteiger partial charge in [0.15, 0.2) is 11.0 Å². The maximum atomic E-state index is 4.92. The largest absolute Gasteiger partial charge is 0.282 e. The summed E-state index contributed by atoms with van der Waals surface area (Å²) in [5.74, 6) is 1.53. The Balaban J connectivity index is 1.56. The van der Waals surface area contributed by atoms with Gasteiger partial charge in [0, 0.05) is 23.2 Å². The molecule has 31 heavy (non-hydrogen) atoms. The third-order valence-corrected chi connectivity index (χ3v) is 5.78. The molecule has 0 aliphatic carbocycles. The zero-order valence-electron chi connectivity index (χ0n) is 16.7. The van der Waals surface area contributed by atoms with Gasteiger partial charge >= 0.3 is 0 Å². The molecule has 0 N–H and O–H groups in total. The van der Waals surface area contributed by atoms with Crippen LogP contribution in [0.2, 0.25) is 0 Å². The Morgan fingerprint density at radius 1 is 0.774 bits per heavy atom. The van der Waals surface area contributed by atoms with Crippen LogP contribution in [0.15, 0.2) is 109 Å². The van der Waals surface area contributed by atoms with Crippen LogP contribution in [-0.4, -0.2) is 24.7 Å². The van der Waals surface area contributed by atoms with Crippen molar-refractivity contribution in [3.8, 4) is 28.3 Å². The van der Waals surface area contributed by atoms with Crippen molar-refractivity contribution in [2.75, 3.05) is 0 Å². The fourth-order valence-electron chi connectivity index (χ4n) is 3.33. The Morgan fingerprint density at radius 2 is 1.45 bits per heavy atom. The molecule has 0 radical (unpaired) electrons. The van der Waals surface area contributed by atoms with Gasteiger partial charge in [0.25, 0.3) is 0 Å². The molecule has 0 aliphatic rings. The van der Waals surface area contributed by atoms with E-state index in [1.54, 1.807) is 18.1 Å². The first-order valence-electron chi connectivity index (χ1n) is 9.93. The van der Waals surface area contributed by atoms with Crippen molar-refractivity contribution < 1.29 is 0 Å². The molecule has 0 bridgehead atoms. The molecule has 0 fully saturated rings. The van der Waals surface area contributed by atoms with Gasteiger partial charge in [0.2, 0.25) is 0 Å². The van der Waals surface area contributed by atoms with E-state index in [1.807, 2.05) is 77.5 Å². The monoisotopic (exact) mass is 421 g/mol. The first-order valence-corrected chi connectivity index (χ1v) is 10.9. The lowest BCUT2D eigenvalue weighted by Crippen LogP contribution is -2.01. The van der Waals surface area contributed by atoms with Crippen LogP contribution >= 0.6 is 11.8 Å². The molecule has 5 rings (SSSR count). The van der Waals surface area contributed by atoms with Gasteiger partial charge in [-0.15, -0.1) is 10.2 Å². The third-order valence-electron chi connectivity index (χ3n) is 4.85. The van der Waals surface area contributed by atoms with Gasteiger partial charge in [-0.2, -0.15) is 0 Å². The van der Waals surface area contributed by atoms with E-state index in [0.29, 0.717) is 5.82 Å². The lowest BCUT2D eigenvalue weighted by Gasteiger charge is -2.12. The van der Waals surface area contributed by atoms with Gasteiger partial charge in [-0.3, -0.25) is 4.57 Å². The number of nitrogens with zero attached hydrogens (tertiary/aromatic N) is 5. The highest BCUT2D eigenvalue weighted by Crippen LogP contribution is 2.32. The van der Waals surface area contributed by atoms with Gasteiger partial charge in [0.05, 0.1) is 11.3 Å². The number of benzene rings is 3. The summed E-state index contributed by atoms with van der Waals surface area (Å²) in [4.78, 5) is 9.56. The van der Waals surface area contributed by atoms with Crippen molar-refractivity contribution in [1.29, 1.82) is 0 Å². The average Bonchev–Trinajstić information content (AvgIpc) is 3.34. The summed E-state index contributed by atoms with van der Waals surface area (Å²) < 4.78 is 1.96. The maximum absolute atomic E-state index is 4.92. The lowest BCUT2D eigenvalue weighted by molar-refractivity contribution is 0.962. The topological polar surface area (TPSA) is 56.5 Å². The molecule has 2 aromatic heterocycles. The van der Waals surface area contributed by atoms with Crippen LogP contribution in [0.3, 0.4) is 0 Å². The van der Waals surface area contributed by atoms with Crippen molar-refractivity contribution in [3.63, 3.8) is 0 Å². The number of rotatable bonds is 6.